The van der Waals surface area contributed by atoms with Crippen molar-refractivity contribution in [2.45, 2.75) is 11.3 Å². The molecule has 0 amide bonds. The zero-order valence-corrected chi connectivity index (χ0v) is 8.84. The Labute approximate surface area is 95.2 Å². The van der Waals surface area contributed by atoms with E-state index in [1.165, 1.54) is 0 Å². The van der Waals surface area contributed by atoms with Crippen LogP contribution in [0.2, 0.25) is 0 Å². The molecule has 0 atom stereocenters. The molecular formula is C7H2F7NO2S. The molecule has 11 heteroatoms. The summed E-state index contributed by atoms with van der Waals surface area (Å²) in [7, 11) is -5.97. The van der Waals surface area contributed by atoms with Crippen LogP contribution in [0.4, 0.5) is 30.7 Å². The molecule has 0 aliphatic heterocycles. The summed E-state index contributed by atoms with van der Waals surface area (Å²) in [6.07, 6.45) is 0. The minimum atomic E-state index is -5.97. The van der Waals surface area contributed by atoms with Gasteiger partial charge in [-0.3, -0.25) is 0 Å². The number of aromatic nitrogens is 1. The largest absolute Gasteiger partial charge is 0.497 e. The Morgan fingerprint density at radius 1 is 0.944 bits per heavy atom. The summed E-state index contributed by atoms with van der Waals surface area (Å²) < 4.78 is 108. The van der Waals surface area contributed by atoms with Gasteiger partial charge >= 0.3 is 5.51 Å². The van der Waals surface area contributed by atoms with Crippen molar-refractivity contribution in [3.8, 4) is 0 Å². The molecule has 1 aromatic heterocycles. The lowest BCUT2D eigenvalue weighted by Crippen LogP contribution is -2.26. The Morgan fingerprint density at radius 3 is 1.67 bits per heavy atom. The highest BCUT2D eigenvalue weighted by molar-refractivity contribution is 7.91. The van der Waals surface area contributed by atoms with Gasteiger partial charge in [0.2, 0.25) is 0 Å². The maximum absolute atomic E-state index is 12.9. The van der Waals surface area contributed by atoms with Crippen LogP contribution < -0.4 is 0 Å². The van der Waals surface area contributed by atoms with Crippen molar-refractivity contribution < 1.29 is 39.2 Å². The van der Waals surface area contributed by atoms with E-state index in [1.54, 1.807) is 0 Å². The van der Waals surface area contributed by atoms with Crippen molar-refractivity contribution in [1.82, 2.24) is 4.98 Å². The van der Waals surface area contributed by atoms with Crippen LogP contribution in [0.1, 0.15) is 5.56 Å². The van der Waals surface area contributed by atoms with E-state index in [4.69, 9.17) is 0 Å². The summed E-state index contributed by atoms with van der Waals surface area (Å²) in [5, 5.41) is 0. The first-order valence-electron chi connectivity index (χ1n) is 3.95. The van der Waals surface area contributed by atoms with Crippen molar-refractivity contribution in [2.24, 2.45) is 0 Å². The van der Waals surface area contributed by atoms with Crippen LogP contribution in [0.15, 0.2) is 0 Å². The summed E-state index contributed by atoms with van der Waals surface area (Å²) in [4.78, 5) is 2.07. The SMILES string of the molecule is O=S(=O)(Cc1c(F)c(F)nc(F)c1F)C(F)(F)F. The quantitative estimate of drug-likeness (QED) is 0.620. The lowest BCUT2D eigenvalue weighted by atomic mass is 10.3. The molecule has 0 fully saturated rings. The van der Waals surface area contributed by atoms with E-state index in [2.05, 4.69) is 4.98 Å². The fourth-order valence-electron chi connectivity index (χ4n) is 0.928. The van der Waals surface area contributed by atoms with E-state index in [0.717, 1.165) is 0 Å². The molecule has 0 aromatic carbocycles. The highest BCUT2D eigenvalue weighted by Gasteiger charge is 2.46. The van der Waals surface area contributed by atoms with Crippen molar-refractivity contribution in [1.29, 1.82) is 0 Å². The number of nitrogens with zero attached hydrogens (tertiary/aromatic N) is 1. The average Bonchev–Trinajstić information content (AvgIpc) is 2.20. The lowest BCUT2D eigenvalue weighted by molar-refractivity contribution is -0.0438. The predicted molar refractivity (Wildman–Crippen MR) is 42.7 cm³/mol. The third kappa shape index (κ3) is 2.54. The zero-order chi connectivity index (χ0) is 14.3. The van der Waals surface area contributed by atoms with E-state index in [9.17, 15) is 39.2 Å². The molecular weight excluding hydrogens is 295 g/mol. The Balaban J connectivity index is 3.38. The number of rotatable bonds is 2. The second-order valence-electron chi connectivity index (χ2n) is 3.00. The van der Waals surface area contributed by atoms with Crippen LogP contribution in [0.5, 0.6) is 0 Å². The van der Waals surface area contributed by atoms with Crippen molar-refractivity contribution in [2.75, 3.05) is 0 Å². The second kappa shape index (κ2) is 4.37. The molecule has 0 aliphatic rings. The van der Waals surface area contributed by atoms with Crippen LogP contribution >= 0.6 is 0 Å². The van der Waals surface area contributed by atoms with E-state index in [0.29, 0.717) is 0 Å². The first-order valence-corrected chi connectivity index (χ1v) is 5.60. The summed E-state index contributed by atoms with van der Waals surface area (Å²) >= 11 is 0. The Kier molecular flexibility index (Phi) is 3.56. The fraction of sp³-hybridized carbons (Fsp3) is 0.286. The third-order valence-corrected chi connectivity index (χ3v) is 3.15. The fourth-order valence-corrected chi connectivity index (χ4v) is 1.73. The van der Waals surface area contributed by atoms with Gasteiger partial charge in [0.25, 0.3) is 21.7 Å². The summed E-state index contributed by atoms with van der Waals surface area (Å²) in [5.74, 6) is -11.3. The minimum absolute atomic E-state index is 1.89. The first-order chi connectivity index (χ1) is 7.97. The van der Waals surface area contributed by atoms with Gasteiger partial charge in [0, 0.05) is 5.56 Å². The van der Waals surface area contributed by atoms with E-state index >= 15 is 0 Å². The molecule has 18 heavy (non-hydrogen) atoms. The average molecular weight is 297 g/mol. The molecule has 0 aliphatic carbocycles. The Bertz CT molecular complexity index is 554. The molecule has 0 N–H and O–H groups in total. The topological polar surface area (TPSA) is 47.0 Å². The standard InChI is InChI=1S/C7H2F7NO2S/c8-3-2(1-18(16,17)7(12,13)14)4(9)6(11)15-5(3)10/h1H2. The van der Waals surface area contributed by atoms with Gasteiger partial charge in [0.15, 0.2) is 11.6 Å². The van der Waals surface area contributed by atoms with Gasteiger partial charge in [-0.05, 0) is 0 Å². The van der Waals surface area contributed by atoms with Gasteiger partial charge in [0.05, 0.1) is 5.75 Å². The number of hydrogen-bond donors (Lipinski definition) is 0. The van der Waals surface area contributed by atoms with Crippen LogP contribution in [0.25, 0.3) is 0 Å². The lowest BCUT2D eigenvalue weighted by Gasteiger charge is -2.09. The van der Waals surface area contributed by atoms with E-state index in [1.807, 2.05) is 0 Å². The molecule has 0 spiro atoms. The van der Waals surface area contributed by atoms with Crippen molar-refractivity contribution in [3.05, 3.63) is 29.1 Å². The smallest absolute Gasteiger partial charge is 0.219 e. The van der Waals surface area contributed by atoms with Crippen LogP contribution in [0.3, 0.4) is 0 Å². The number of hydrogen-bond acceptors (Lipinski definition) is 3. The second-order valence-corrected chi connectivity index (χ2v) is 4.99. The maximum Gasteiger partial charge on any atom is 0.497 e. The van der Waals surface area contributed by atoms with Gasteiger partial charge in [-0.1, -0.05) is 0 Å². The van der Waals surface area contributed by atoms with Gasteiger partial charge < -0.3 is 0 Å². The number of alkyl halides is 3. The number of sulfone groups is 1. The van der Waals surface area contributed by atoms with Gasteiger partial charge in [0.1, 0.15) is 0 Å². The first kappa shape index (κ1) is 14.7. The number of halogens is 7. The van der Waals surface area contributed by atoms with E-state index < -0.39 is 50.2 Å². The molecule has 102 valence electrons. The van der Waals surface area contributed by atoms with E-state index in [-0.39, 0.29) is 0 Å². The third-order valence-electron chi connectivity index (χ3n) is 1.78. The molecule has 0 saturated carbocycles. The van der Waals surface area contributed by atoms with Crippen LogP contribution in [-0.4, -0.2) is 18.9 Å². The predicted octanol–water partition coefficient (Wildman–Crippen LogP) is 2.07. The molecule has 3 nitrogen and oxygen atoms in total. The molecule has 0 bridgehead atoms. The highest BCUT2D eigenvalue weighted by atomic mass is 32.2. The zero-order valence-electron chi connectivity index (χ0n) is 8.02. The van der Waals surface area contributed by atoms with Gasteiger partial charge in [-0.25, -0.2) is 17.2 Å². The highest BCUT2D eigenvalue weighted by Crippen LogP contribution is 2.29. The monoisotopic (exact) mass is 297 g/mol. The molecule has 0 saturated heterocycles. The van der Waals surface area contributed by atoms with Crippen molar-refractivity contribution >= 4 is 9.84 Å². The molecule has 1 heterocycles. The Morgan fingerprint density at radius 2 is 1.33 bits per heavy atom. The summed E-state index contributed by atoms with van der Waals surface area (Å²) in [6.45, 7) is 0. The van der Waals surface area contributed by atoms with Crippen LogP contribution in [0, 0.1) is 23.5 Å². The molecule has 1 rings (SSSR count). The van der Waals surface area contributed by atoms with Crippen LogP contribution in [-0.2, 0) is 15.6 Å². The van der Waals surface area contributed by atoms with Gasteiger partial charge in [-0.2, -0.15) is 26.9 Å². The van der Waals surface area contributed by atoms with Gasteiger partial charge in [-0.15, -0.1) is 0 Å². The van der Waals surface area contributed by atoms with Crippen molar-refractivity contribution in [3.63, 3.8) is 0 Å². The number of pyridine rings is 1. The summed E-state index contributed by atoms with van der Waals surface area (Å²) in [5.41, 5.74) is -7.69. The normalized spacial score (nSPS) is 12.8. The molecule has 0 radical (unpaired) electrons. The molecule has 0 unspecified atom stereocenters. The minimum Gasteiger partial charge on any atom is -0.219 e. The Hall–Kier alpha value is -1.39. The summed E-state index contributed by atoms with van der Waals surface area (Å²) in [6, 6.07) is 0. The maximum atomic E-state index is 12.9. The molecule has 1 aromatic rings.